The number of imide groups is 1. The lowest BCUT2D eigenvalue weighted by molar-refractivity contribution is -1.12. The summed E-state index contributed by atoms with van der Waals surface area (Å²) in [6, 6.07) is 6.90. The van der Waals surface area contributed by atoms with Gasteiger partial charge >= 0.3 is 30.1 Å². The molecule has 43 heavy (non-hydrogen) atoms. The maximum atomic E-state index is 13.4. The van der Waals surface area contributed by atoms with Crippen molar-refractivity contribution in [3.05, 3.63) is 70.9 Å². The molecule has 1 aliphatic heterocycles. The van der Waals surface area contributed by atoms with Gasteiger partial charge in [-0.3, -0.25) is 4.79 Å². The van der Waals surface area contributed by atoms with Crippen molar-refractivity contribution >= 4 is 34.6 Å². The number of quaternary nitrogens is 1. The van der Waals surface area contributed by atoms with Crippen molar-refractivity contribution in [2.45, 2.75) is 56.9 Å². The number of aromatic nitrogens is 1. The molecule has 0 bridgehead atoms. The highest BCUT2D eigenvalue weighted by Gasteiger charge is 2.55. The maximum absolute atomic E-state index is 13.4. The van der Waals surface area contributed by atoms with Crippen LogP contribution in [0.5, 0.6) is 0 Å². The third-order valence-corrected chi connectivity index (χ3v) is 7.21. The molecule has 2 aromatic carbocycles. The van der Waals surface area contributed by atoms with Gasteiger partial charge in [0.1, 0.15) is 4.81 Å². The minimum atomic E-state index is -5.15. The van der Waals surface area contributed by atoms with Crippen LogP contribution >= 0.6 is 0 Å². The Bertz CT molecular complexity index is 1520. The van der Waals surface area contributed by atoms with Crippen LogP contribution in [-0.4, -0.2) is 56.7 Å². The Balaban J connectivity index is 1.58. The van der Waals surface area contributed by atoms with Crippen LogP contribution in [0, 0.1) is 0 Å². The number of likely N-dealkylation sites (N-methyl/N-ethyl adjacent to an activating group) is 1. The highest BCUT2D eigenvalue weighted by molar-refractivity contribution is 5.95. The van der Waals surface area contributed by atoms with Gasteiger partial charge in [0.15, 0.2) is 0 Å². The third-order valence-electron chi connectivity index (χ3n) is 7.21. The maximum Gasteiger partial charge on any atom is 0.416 e. The zero-order chi connectivity index (χ0) is 31.7. The number of fused-ring (bicyclic) bond motifs is 1. The largest absolute Gasteiger partial charge is 0.416 e. The predicted molar refractivity (Wildman–Crippen MR) is 136 cm³/mol. The Hall–Kier alpha value is -4.24. The lowest BCUT2D eigenvalue weighted by Gasteiger charge is -2.29. The standard InChI is InChI=1S/C28H26F6N3O6/c1-36(26(41)16-11-18(27(29,30)31)14-19(12-16)28(32,33)34)20(13-17-15-35-22-7-3-2-6-21(17)22)5-4-8-25(40)43-37(42)23(38)9-10-24(37)39/h2-3,6-7,11-12,14-15,20,35,42H,4-5,8-10,13H2,1H3/q+1. The van der Waals surface area contributed by atoms with Gasteiger partial charge in [0.25, 0.3) is 5.91 Å². The van der Waals surface area contributed by atoms with Crippen LogP contribution in [0.3, 0.4) is 0 Å². The van der Waals surface area contributed by atoms with Gasteiger partial charge in [0, 0.05) is 35.8 Å². The Morgan fingerprint density at radius 1 is 1.00 bits per heavy atom. The number of para-hydroxylation sites is 1. The zero-order valence-electron chi connectivity index (χ0n) is 22.6. The lowest BCUT2D eigenvalue weighted by Crippen LogP contribution is -2.50. The molecule has 15 heteroatoms. The van der Waals surface area contributed by atoms with E-state index < -0.39 is 70.0 Å². The van der Waals surface area contributed by atoms with E-state index in [1.54, 1.807) is 30.5 Å². The highest BCUT2D eigenvalue weighted by Crippen LogP contribution is 2.37. The summed E-state index contributed by atoms with van der Waals surface area (Å²) in [6.07, 6.45) is -9.62. The first-order valence-corrected chi connectivity index (χ1v) is 13.0. The van der Waals surface area contributed by atoms with Crippen molar-refractivity contribution in [2.75, 3.05) is 7.05 Å². The van der Waals surface area contributed by atoms with Gasteiger partial charge in [0.2, 0.25) is 0 Å². The van der Waals surface area contributed by atoms with Gasteiger partial charge < -0.3 is 9.88 Å². The summed E-state index contributed by atoms with van der Waals surface area (Å²) in [7, 11) is 1.23. The van der Waals surface area contributed by atoms with Crippen molar-refractivity contribution in [3.8, 4) is 0 Å². The van der Waals surface area contributed by atoms with E-state index in [-0.39, 0.29) is 38.2 Å². The topological polar surface area (TPSA) is 117 Å². The molecule has 0 saturated carbocycles. The van der Waals surface area contributed by atoms with Crippen LogP contribution in [-0.2, 0) is 38.0 Å². The molecule has 2 heterocycles. The first kappa shape index (κ1) is 31.7. The molecule has 1 aliphatic rings. The Labute approximate surface area is 240 Å². The van der Waals surface area contributed by atoms with Crippen molar-refractivity contribution in [3.63, 3.8) is 0 Å². The molecular weight excluding hydrogens is 588 g/mol. The first-order valence-electron chi connectivity index (χ1n) is 13.0. The fraction of sp³-hybridized carbons (Fsp3) is 0.357. The SMILES string of the molecule is CN(C(=O)c1cc(C(F)(F)F)cc(C(F)(F)F)c1)C(CCCC(=O)O[N+]1(O)C(=O)CCC1=O)Cc1c[nH]c2ccccc12. The third kappa shape index (κ3) is 6.88. The number of amides is 3. The number of hydrogen-bond donors (Lipinski definition) is 2. The fourth-order valence-corrected chi connectivity index (χ4v) is 4.87. The predicted octanol–water partition coefficient (Wildman–Crippen LogP) is 5.57. The summed E-state index contributed by atoms with van der Waals surface area (Å²) in [4.78, 5) is 56.0. The number of carbonyl (C=O) groups excluding carboxylic acids is 4. The van der Waals surface area contributed by atoms with Gasteiger partial charge in [-0.1, -0.05) is 18.2 Å². The second kappa shape index (κ2) is 11.8. The number of halogens is 6. The molecule has 0 radical (unpaired) electrons. The molecule has 1 atom stereocenters. The number of H-pyrrole nitrogens is 1. The van der Waals surface area contributed by atoms with Crippen LogP contribution in [0.15, 0.2) is 48.7 Å². The van der Waals surface area contributed by atoms with Gasteiger partial charge in [-0.15, -0.1) is 0 Å². The molecule has 9 nitrogen and oxygen atoms in total. The fourth-order valence-electron chi connectivity index (χ4n) is 4.87. The van der Waals surface area contributed by atoms with Gasteiger partial charge in [-0.25, -0.2) is 19.2 Å². The van der Waals surface area contributed by atoms with E-state index >= 15 is 0 Å². The van der Waals surface area contributed by atoms with Gasteiger partial charge in [-0.05, 0) is 49.1 Å². The number of carbonyl (C=O) groups is 4. The molecule has 3 aromatic rings. The van der Waals surface area contributed by atoms with E-state index in [1.807, 2.05) is 0 Å². The molecular formula is C28H26F6N3O6+. The number of nitrogens with one attached hydrogen (secondary N) is 1. The monoisotopic (exact) mass is 614 g/mol. The van der Waals surface area contributed by atoms with E-state index in [0.717, 1.165) is 15.8 Å². The molecule has 1 fully saturated rings. The summed E-state index contributed by atoms with van der Waals surface area (Å²) in [5, 5.41) is 10.9. The van der Waals surface area contributed by atoms with Gasteiger partial charge in [-0.2, -0.15) is 31.5 Å². The average Bonchev–Trinajstić information content (AvgIpc) is 3.46. The second-order valence-electron chi connectivity index (χ2n) is 10.1. The van der Waals surface area contributed by atoms with Crippen LogP contribution in [0.1, 0.15) is 59.2 Å². The normalized spacial score (nSPS) is 16.0. The molecule has 1 unspecified atom stereocenters. The van der Waals surface area contributed by atoms with E-state index in [0.29, 0.717) is 17.7 Å². The smallest absolute Gasteiger partial charge is 0.361 e. The van der Waals surface area contributed by atoms with Crippen molar-refractivity contribution in [2.24, 2.45) is 0 Å². The molecule has 1 aromatic heterocycles. The van der Waals surface area contributed by atoms with E-state index in [1.165, 1.54) is 7.05 Å². The highest BCUT2D eigenvalue weighted by atomic mass is 19.4. The summed E-state index contributed by atoms with van der Waals surface area (Å²) < 4.78 is 80.5. The number of rotatable bonds is 9. The van der Waals surface area contributed by atoms with Crippen LogP contribution in [0.2, 0.25) is 0 Å². The Morgan fingerprint density at radius 2 is 1.58 bits per heavy atom. The summed E-state index contributed by atoms with van der Waals surface area (Å²) >= 11 is 0. The van der Waals surface area contributed by atoms with Crippen molar-refractivity contribution in [1.82, 2.24) is 9.88 Å². The molecule has 230 valence electrons. The molecule has 0 aliphatic carbocycles. The number of hydrogen-bond acceptors (Lipinski definition) is 6. The van der Waals surface area contributed by atoms with E-state index in [9.17, 15) is 50.7 Å². The zero-order valence-corrected chi connectivity index (χ0v) is 22.6. The Morgan fingerprint density at radius 3 is 2.16 bits per heavy atom. The second-order valence-corrected chi connectivity index (χ2v) is 10.1. The average molecular weight is 615 g/mol. The molecule has 4 rings (SSSR count). The minimum Gasteiger partial charge on any atom is -0.361 e. The summed E-state index contributed by atoms with van der Waals surface area (Å²) in [6.45, 7) is 0. The van der Waals surface area contributed by atoms with Crippen LogP contribution in [0.25, 0.3) is 10.9 Å². The first-order chi connectivity index (χ1) is 20.0. The van der Waals surface area contributed by atoms with E-state index in [4.69, 9.17) is 4.84 Å². The quantitative estimate of drug-likeness (QED) is 0.141. The van der Waals surface area contributed by atoms with Crippen LogP contribution in [0.4, 0.5) is 26.3 Å². The number of hydroxylamine groups is 4. The van der Waals surface area contributed by atoms with Crippen molar-refractivity contribution < 1.29 is 60.4 Å². The summed E-state index contributed by atoms with van der Waals surface area (Å²) in [5.74, 6) is -4.24. The van der Waals surface area contributed by atoms with E-state index in [2.05, 4.69) is 4.98 Å². The summed E-state index contributed by atoms with van der Waals surface area (Å²) in [5.41, 5.74) is -2.66. The molecule has 2 N–H and O–H groups in total. The Kier molecular flexibility index (Phi) is 8.70. The number of benzene rings is 2. The minimum absolute atomic E-state index is 0.00918. The number of nitrogens with zero attached hydrogens (tertiary/aromatic N) is 2. The number of alkyl halides is 6. The molecule has 1 saturated heterocycles. The van der Waals surface area contributed by atoms with Crippen LogP contribution < -0.4 is 0 Å². The lowest BCUT2D eigenvalue weighted by atomic mass is 9.97. The van der Waals surface area contributed by atoms with Crippen molar-refractivity contribution in [1.29, 1.82) is 0 Å². The number of aromatic amines is 1. The molecule has 3 amide bonds. The molecule has 0 spiro atoms. The van der Waals surface area contributed by atoms with Gasteiger partial charge in [0.05, 0.1) is 30.4 Å².